The van der Waals surface area contributed by atoms with Gasteiger partial charge in [-0.2, -0.15) is 0 Å². The lowest BCUT2D eigenvalue weighted by molar-refractivity contribution is -0.0402. The van der Waals surface area contributed by atoms with Gasteiger partial charge in [-0.3, -0.25) is 4.90 Å². The maximum atomic E-state index is 11.0. The first-order valence-corrected chi connectivity index (χ1v) is 12.4. The molecule has 3 aliphatic rings. The number of nitrogens with one attached hydrogen (secondary N) is 1. The van der Waals surface area contributed by atoms with Gasteiger partial charge in [0.25, 0.3) is 0 Å². The summed E-state index contributed by atoms with van der Waals surface area (Å²) >= 11 is 12.3. The molecule has 166 valence electrons. The van der Waals surface area contributed by atoms with E-state index in [-0.39, 0.29) is 5.54 Å². The molecule has 4 atom stereocenters. The van der Waals surface area contributed by atoms with E-state index < -0.39 is 6.10 Å². The summed E-state index contributed by atoms with van der Waals surface area (Å²) in [6.45, 7) is 4.59. The number of benzene rings is 2. The van der Waals surface area contributed by atoms with Crippen molar-refractivity contribution in [2.75, 3.05) is 13.1 Å². The molecule has 2 fully saturated rings. The molecule has 2 aromatic carbocycles. The number of aliphatic hydroxyl groups excluding tert-OH is 1. The number of piperidine rings is 1. The molecule has 5 heteroatoms. The Morgan fingerprint density at radius 1 is 1.12 bits per heavy atom. The lowest BCUT2D eigenvalue weighted by Gasteiger charge is -2.55. The van der Waals surface area contributed by atoms with Crippen molar-refractivity contribution in [1.29, 1.82) is 0 Å². The van der Waals surface area contributed by atoms with Gasteiger partial charge in [0.1, 0.15) is 0 Å². The molecule has 3 nitrogen and oxygen atoms in total. The number of H-pyrrole nitrogens is 1. The Morgan fingerprint density at radius 3 is 2.81 bits per heavy atom. The van der Waals surface area contributed by atoms with E-state index in [4.69, 9.17) is 23.2 Å². The van der Waals surface area contributed by atoms with Gasteiger partial charge in [-0.05, 0) is 79.3 Å². The number of rotatable bonds is 1. The van der Waals surface area contributed by atoms with Crippen LogP contribution < -0.4 is 0 Å². The lowest BCUT2D eigenvalue weighted by atomic mass is 9.64. The molecule has 0 radical (unpaired) electrons. The van der Waals surface area contributed by atoms with Gasteiger partial charge < -0.3 is 10.1 Å². The number of para-hydroxylation sites is 1. The lowest BCUT2D eigenvalue weighted by Crippen LogP contribution is -2.57. The third-order valence-corrected chi connectivity index (χ3v) is 8.95. The van der Waals surface area contributed by atoms with Gasteiger partial charge in [0.15, 0.2) is 0 Å². The largest absolute Gasteiger partial charge is 0.389 e. The van der Waals surface area contributed by atoms with E-state index in [2.05, 4.69) is 47.1 Å². The zero-order chi connectivity index (χ0) is 22.0. The van der Waals surface area contributed by atoms with E-state index >= 15 is 0 Å². The molecule has 3 heterocycles. The van der Waals surface area contributed by atoms with Crippen LogP contribution in [0.25, 0.3) is 17.0 Å². The van der Waals surface area contributed by atoms with Crippen molar-refractivity contribution in [2.45, 2.75) is 44.2 Å². The number of hydrogen-bond donors (Lipinski definition) is 2. The number of aromatic nitrogens is 1. The number of aromatic amines is 1. The van der Waals surface area contributed by atoms with Crippen LogP contribution in [0.2, 0.25) is 10.0 Å². The molecule has 1 aromatic heterocycles. The Kier molecular flexibility index (Phi) is 4.96. The van der Waals surface area contributed by atoms with E-state index in [9.17, 15) is 5.11 Å². The van der Waals surface area contributed by atoms with Crippen molar-refractivity contribution in [3.8, 4) is 0 Å². The average molecular weight is 467 g/mol. The molecule has 1 saturated heterocycles. The maximum Gasteiger partial charge on any atom is 0.0756 e. The van der Waals surface area contributed by atoms with Crippen molar-refractivity contribution in [3.63, 3.8) is 0 Å². The minimum Gasteiger partial charge on any atom is -0.389 e. The van der Waals surface area contributed by atoms with Gasteiger partial charge in [0.2, 0.25) is 0 Å². The van der Waals surface area contributed by atoms with E-state index in [1.807, 2.05) is 18.2 Å². The normalized spacial score (nSPS) is 31.4. The second-order valence-electron chi connectivity index (χ2n) is 10.1. The highest BCUT2D eigenvalue weighted by molar-refractivity contribution is 6.42. The minimum atomic E-state index is -0.397. The van der Waals surface area contributed by atoms with Crippen LogP contribution in [0.1, 0.15) is 43.0 Å². The maximum absolute atomic E-state index is 11.0. The van der Waals surface area contributed by atoms with Crippen molar-refractivity contribution in [2.24, 2.45) is 11.8 Å². The Labute approximate surface area is 199 Å². The summed E-state index contributed by atoms with van der Waals surface area (Å²) in [6.07, 6.45) is 5.68. The first-order chi connectivity index (χ1) is 15.4. The standard InChI is InChI=1S/C27H28Cl2N2O/c1-27-14-18-13-25(32)17(10-16-6-7-22(28)23(29)11-16)12-19(18)15-31(27)9-8-21-20-4-2-3-5-24(20)30-26(21)27/h2-7,10-11,18-19,25,30,32H,8-9,12-15H2,1H3/t18?,19?,25-,27-/m0/s1. The first-order valence-electron chi connectivity index (χ1n) is 11.6. The van der Waals surface area contributed by atoms with Gasteiger partial charge in [-0.15, -0.1) is 0 Å². The molecule has 32 heavy (non-hydrogen) atoms. The van der Waals surface area contributed by atoms with Crippen LogP contribution in [0.5, 0.6) is 0 Å². The molecule has 0 bridgehead atoms. The zero-order valence-corrected chi connectivity index (χ0v) is 19.8. The quantitative estimate of drug-likeness (QED) is 0.433. The number of nitrogens with zero attached hydrogens (tertiary/aromatic N) is 1. The van der Waals surface area contributed by atoms with E-state index in [1.54, 1.807) is 0 Å². The third-order valence-electron chi connectivity index (χ3n) is 8.21. The summed E-state index contributed by atoms with van der Waals surface area (Å²) in [7, 11) is 0. The topological polar surface area (TPSA) is 39.3 Å². The predicted molar refractivity (Wildman–Crippen MR) is 132 cm³/mol. The smallest absolute Gasteiger partial charge is 0.0756 e. The molecule has 3 aromatic rings. The molecule has 2 N–H and O–H groups in total. The molecular weight excluding hydrogens is 439 g/mol. The third kappa shape index (κ3) is 3.25. The summed E-state index contributed by atoms with van der Waals surface area (Å²) in [4.78, 5) is 6.47. The van der Waals surface area contributed by atoms with Gasteiger partial charge >= 0.3 is 0 Å². The Bertz CT molecular complexity index is 1230. The van der Waals surface area contributed by atoms with Crippen molar-refractivity contribution in [1.82, 2.24) is 9.88 Å². The fraction of sp³-hybridized carbons (Fsp3) is 0.407. The molecule has 6 rings (SSSR count). The monoisotopic (exact) mass is 466 g/mol. The van der Waals surface area contributed by atoms with E-state index in [1.165, 1.54) is 22.2 Å². The minimum absolute atomic E-state index is 0.0123. The van der Waals surface area contributed by atoms with Crippen LogP contribution in [-0.4, -0.2) is 34.2 Å². The summed E-state index contributed by atoms with van der Waals surface area (Å²) < 4.78 is 0. The number of hydrogen-bond acceptors (Lipinski definition) is 2. The molecule has 0 spiro atoms. The van der Waals surface area contributed by atoms with Crippen molar-refractivity contribution in [3.05, 3.63) is 74.9 Å². The highest BCUT2D eigenvalue weighted by atomic mass is 35.5. The molecule has 1 saturated carbocycles. The number of aliphatic hydroxyl groups is 1. The molecule has 2 aliphatic heterocycles. The molecular formula is C27H28Cl2N2O. The fourth-order valence-corrected chi connectivity index (χ4v) is 6.87. The zero-order valence-electron chi connectivity index (χ0n) is 18.2. The van der Waals surface area contributed by atoms with Gasteiger partial charge in [-0.25, -0.2) is 0 Å². The van der Waals surface area contributed by atoms with Gasteiger partial charge in [0.05, 0.1) is 21.7 Å². The van der Waals surface area contributed by atoms with Crippen molar-refractivity contribution < 1.29 is 5.11 Å². The van der Waals surface area contributed by atoms with Crippen LogP contribution in [0.15, 0.2) is 48.0 Å². The predicted octanol–water partition coefficient (Wildman–Crippen LogP) is 6.42. The second-order valence-corrected chi connectivity index (χ2v) is 10.9. The van der Waals surface area contributed by atoms with E-state index in [0.717, 1.165) is 49.9 Å². The SMILES string of the molecule is C[C@@]12CC3C[C@H](O)C(=Cc4ccc(Cl)c(Cl)c4)CC3CN1CCc1c2[nH]c2ccccc12. The Hall–Kier alpha value is -1.78. The van der Waals surface area contributed by atoms with Gasteiger partial charge in [0, 0.05) is 29.7 Å². The highest BCUT2D eigenvalue weighted by Crippen LogP contribution is 2.51. The molecule has 2 unspecified atom stereocenters. The summed E-state index contributed by atoms with van der Waals surface area (Å²) in [6, 6.07) is 14.4. The van der Waals surface area contributed by atoms with Crippen molar-refractivity contribution >= 4 is 40.2 Å². The first kappa shape index (κ1) is 20.8. The van der Waals surface area contributed by atoms with Crippen LogP contribution in [-0.2, 0) is 12.0 Å². The van der Waals surface area contributed by atoms with Crippen LogP contribution in [0, 0.1) is 11.8 Å². The van der Waals surface area contributed by atoms with Crippen LogP contribution in [0.3, 0.4) is 0 Å². The summed E-state index contributed by atoms with van der Waals surface area (Å²) in [5, 5.41) is 13.5. The summed E-state index contributed by atoms with van der Waals surface area (Å²) in [5.74, 6) is 1.10. The molecule has 1 aliphatic carbocycles. The van der Waals surface area contributed by atoms with E-state index in [0.29, 0.717) is 21.9 Å². The molecule has 0 amide bonds. The second kappa shape index (κ2) is 7.63. The van der Waals surface area contributed by atoms with Gasteiger partial charge in [-0.1, -0.05) is 53.5 Å². The highest BCUT2D eigenvalue weighted by Gasteiger charge is 2.49. The number of halogens is 2. The summed E-state index contributed by atoms with van der Waals surface area (Å²) in [5.41, 5.74) is 6.28. The van der Waals surface area contributed by atoms with Crippen LogP contribution >= 0.6 is 23.2 Å². The fourth-order valence-electron chi connectivity index (χ4n) is 6.56. The average Bonchev–Trinajstić information content (AvgIpc) is 3.16. The Morgan fingerprint density at radius 2 is 1.97 bits per heavy atom. The Balaban J connectivity index is 1.30. The van der Waals surface area contributed by atoms with Crippen LogP contribution in [0.4, 0.5) is 0 Å². The number of fused-ring (bicyclic) bond motifs is 6.